The highest BCUT2D eigenvalue weighted by Gasteiger charge is 2.08. The molecule has 0 atom stereocenters. The second-order valence-electron chi connectivity index (χ2n) is 5.42. The van der Waals surface area contributed by atoms with Gasteiger partial charge in [-0.1, -0.05) is 54.1 Å². The number of benzene rings is 2. The molecule has 3 rings (SSSR count). The van der Waals surface area contributed by atoms with Gasteiger partial charge in [0.1, 0.15) is 17.5 Å². The summed E-state index contributed by atoms with van der Waals surface area (Å²) in [5.74, 6) is 0.622. The fourth-order valence-corrected chi connectivity index (χ4v) is 2.45. The Kier molecular flexibility index (Phi) is 5.65. The van der Waals surface area contributed by atoms with Crippen LogP contribution in [-0.4, -0.2) is 10.9 Å². The van der Waals surface area contributed by atoms with Gasteiger partial charge in [0.15, 0.2) is 0 Å². The molecule has 0 saturated carbocycles. The van der Waals surface area contributed by atoms with E-state index < -0.39 is 0 Å². The predicted molar refractivity (Wildman–Crippen MR) is 97.6 cm³/mol. The van der Waals surface area contributed by atoms with Crippen LogP contribution in [0.4, 0.5) is 0 Å². The first-order valence-electron chi connectivity index (χ1n) is 7.87. The lowest BCUT2D eigenvalue weighted by Gasteiger charge is -2.12. The maximum absolute atomic E-state index is 12.2. The molecule has 126 valence electrons. The zero-order valence-electron chi connectivity index (χ0n) is 13.5. The van der Waals surface area contributed by atoms with Crippen molar-refractivity contribution in [3.63, 3.8) is 0 Å². The molecule has 25 heavy (non-hydrogen) atoms. The molecule has 1 amide bonds. The van der Waals surface area contributed by atoms with Gasteiger partial charge in [-0.25, -0.2) is 4.98 Å². The molecule has 2 aromatic carbocycles. The molecule has 0 bridgehead atoms. The summed E-state index contributed by atoms with van der Waals surface area (Å²) >= 11 is 5.74. The number of nitrogens with zero attached hydrogens (tertiary/aromatic N) is 1. The van der Waals surface area contributed by atoms with Crippen LogP contribution >= 0.6 is 11.6 Å². The van der Waals surface area contributed by atoms with Crippen molar-refractivity contribution >= 4 is 17.5 Å². The summed E-state index contributed by atoms with van der Waals surface area (Å²) in [4.78, 5) is 16.1. The summed E-state index contributed by atoms with van der Waals surface area (Å²) in [5.41, 5.74) is 2.51. The Bertz CT molecular complexity index is 836. The van der Waals surface area contributed by atoms with Crippen LogP contribution in [-0.2, 0) is 13.2 Å². The molecule has 1 heterocycles. The van der Waals surface area contributed by atoms with E-state index in [9.17, 15) is 4.79 Å². The highest BCUT2D eigenvalue weighted by molar-refractivity contribution is 6.29. The summed E-state index contributed by atoms with van der Waals surface area (Å²) in [5, 5.41) is 3.26. The third-order valence-electron chi connectivity index (χ3n) is 3.68. The first-order chi connectivity index (χ1) is 12.2. The number of carbonyl (C=O) groups is 1. The van der Waals surface area contributed by atoms with E-state index in [2.05, 4.69) is 10.3 Å². The fraction of sp³-hybridized carbons (Fsp3) is 0.100. The molecular weight excluding hydrogens is 336 g/mol. The van der Waals surface area contributed by atoms with Crippen molar-refractivity contribution in [1.82, 2.24) is 10.3 Å². The maximum Gasteiger partial charge on any atom is 0.253 e. The van der Waals surface area contributed by atoms with Crippen molar-refractivity contribution in [1.29, 1.82) is 0 Å². The Morgan fingerprint density at radius 2 is 1.68 bits per heavy atom. The molecule has 3 aromatic rings. The van der Waals surface area contributed by atoms with E-state index in [4.69, 9.17) is 16.3 Å². The molecule has 1 N–H and O–H groups in total. The van der Waals surface area contributed by atoms with Crippen molar-refractivity contribution in [3.05, 3.63) is 94.8 Å². The lowest BCUT2D eigenvalue weighted by molar-refractivity contribution is 0.0950. The molecule has 0 radical (unpaired) electrons. The fourth-order valence-electron chi connectivity index (χ4n) is 2.34. The van der Waals surface area contributed by atoms with Crippen LogP contribution in [0.5, 0.6) is 5.75 Å². The second-order valence-corrected chi connectivity index (χ2v) is 5.81. The molecule has 0 unspecified atom stereocenters. The molecule has 0 aliphatic rings. The maximum atomic E-state index is 12.2. The van der Waals surface area contributed by atoms with Gasteiger partial charge in [0.25, 0.3) is 5.91 Å². The van der Waals surface area contributed by atoms with E-state index in [0.717, 1.165) is 16.9 Å². The van der Waals surface area contributed by atoms with Gasteiger partial charge in [0, 0.05) is 12.7 Å². The van der Waals surface area contributed by atoms with Crippen molar-refractivity contribution in [2.24, 2.45) is 0 Å². The SMILES string of the molecule is O=C(NCc1ccccc1COc1ccccc1)c1ccc(Cl)nc1. The Balaban J connectivity index is 1.62. The van der Waals surface area contributed by atoms with Crippen LogP contribution in [0.3, 0.4) is 0 Å². The van der Waals surface area contributed by atoms with E-state index >= 15 is 0 Å². The Morgan fingerprint density at radius 1 is 0.960 bits per heavy atom. The van der Waals surface area contributed by atoms with E-state index in [1.807, 2.05) is 54.6 Å². The second kappa shape index (κ2) is 8.31. The van der Waals surface area contributed by atoms with Crippen molar-refractivity contribution in [2.45, 2.75) is 13.2 Å². The number of hydrogen-bond acceptors (Lipinski definition) is 3. The van der Waals surface area contributed by atoms with Crippen LogP contribution in [0, 0.1) is 0 Å². The quantitative estimate of drug-likeness (QED) is 0.675. The summed E-state index contributed by atoms with van der Waals surface area (Å²) in [6, 6.07) is 20.8. The minimum absolute atomic E-state index is 0.192. The number of nitrogens with one attached hydrogen (secondary N) is 1. The Hall–Kier alpha value is -2.85. The monoisotopic (exact) mass is 352 g/mol. The Morgan fingerprint density at radius 3 is 2.40 bits per heavy atom. The summed E-state index contributed by atoms with van der Waals surface area (Å²) in [7, 11) is 0. The van der Waals surface area contributed by atoms with E-state index in [1.54, 1.807) is 12.1 Å². The summed E-state index contributed by atoms with van der Waals surface area (Å²) < 4.78 is 5.80. The lowest BCUT2D eigenvalue weighted by atomic mass is 10.1. The van der Waals surface area contributed by atoms with E-state index in [1.165, 1.54) is 6.20 Å². The minimum Gasteiger partial charge on any atom is -0.489 e. The molecule has 0 fully saturated rings. The Labute approximate surface area is 151 Å². The normalized spacial score (nSPS) is 10.3. The van der Waals surface area contributed by atoms with E-state index in [-0.39, 0.29) is 5.91 Å². The first-order valence-corrected chi connectivity index (χ1v) is 8.24. The molecule has 5 heteroatoms. The number of halogens is 1. The molecule has 4 nitrogen and oxygen atoms in total. The largest absolute Gasteiger partial charge is 0.489 e. The van der Waals surface area contributed by atoms with E-state index in [0.29, 0.717) is 23.9 Å². The van der Waals surface area contributed by atoms with Crippen molar-refractivity contribution in [3.8, 4) is 5.75 Å². The number of rotatable bonds is 6. The van der Waals surface area contributed by atoms with Crippen LogP contribution < -0.4 is 10.1 Å². The highest BCUT2D eigenvalue weighted by atomic mass is 35.5. The van der Waals surface area contributed by atoms with Crippen LogP contribution in [0.2, 0.25) is 5.15 Å². The molecule has 1 aromatic heterocycles. The smallest absolute Gasteiger partial charge is 0.253 e. The number of ether oxygens (including phenoxy) is 1. The van der Waals surface area contributed by atoms with Crippen molar-refractivity contribution < 1.29 is 9.53 Å². The van der Waals surface area contributed by atoms with Gasteiger partial charge in [-0.15, -0.1) is 0 Å². The summed E-state index contributed by atoms with van der Waals surface area (Å²) in [6.07, 6.45) is 1.46. The zero-order valence-corrected chi connectivity index (χ0v) is 14.2. The number of hydrogen-bond donors (Lipinski definition) is 1. The molecular formula is C20H17ClN2O2. The van der Waals surface area contributed by atoms with Gasteiger partial charge >= 0.3 is 0 Å². The molecule has 0 saturated heterocycles. The lowest BCUT2D eigenvalue weighted by Crippen LogP contribution is -2.23. The highest BCUT2D eigenvalue weighted by Crippen LogP contribution is 2.15. The third-order valence-corrected chi connectivity index (χ3v) is 3.91. The van der Waals surface area contributed by atoms with Crippen LogP contribution in [0.25, 0.3) is 0 Å². The average molecular weight is 353 g/mol. The minimum atomic E-state index is -0.192. The number of para-hydroxylation sites is 1. The van der Waals surface area contributed by atoms with Gasteiger partial charge in [0.2, 0.25) is 0 Å². The molecule has 0 aliphatic heterocycles. The summed E-state index contributed by atoms with van der Waals surface area (Å²) in [6.45, 7) is 0.855. The zero-order chi connectivity index (χ0) is 17.5. The number of pyridine rings is 1. The first kappa shape index (κ1) is 17.0. The molecule has 0 spiro atoms. The number of aromatic nitrogens is 1. The molecule has 0 aliphatic carbocycles. The van der Waals surface area contributed by atoms with Gasteiger partial charge in [0.05, 0.1) is 5.56 Å². The average Bonchev–Trinajstić information content (AvgIpc) is 2.66. The number of amides is 1. The number of carbonyl (C=O) groups excluding carboxylic acids is 1. The topological polar surface area (TPSA) is 51.2 Å². The van der Waals surface area contributed by atoms with Crippen LogP contribution in [0.1, 0.15) is 21.5 Å². The van der Waals surface area contributed by atoms with Crippen LogP contribution in [0.15, 0.2) is 72.9 Å². The standard InChI is InChI=1S/C20H17ClN2O2/c21-19-11-10-16(13-22-19)20(24)23-12-15-6-4-5-7-17(15)14-25-18-8-2-1-3-9-18/h1-11,13H,12,14H2,(H,23,24). The van der Waals surface area contributed by atoms with Crippen molar-refractivity contribution in [2.75, 3.05) is 0 Å². The van der Waals surface area contributed by atoms with Gasteiger partial charge in [-0.2, -0.15) is 0 Å². The van der Waals surface area contributed by atoms with Gasteiger partial charge in [-0.3, -0.25) is 4.79 Å². The predicted octanol–water partition coefficient (Wildman–Crippen LogP) is 4.24. The third kappa shape index (κ3) is 4.81. The van der Waals surface area contributed by atoms with Gasteiger partial charge in [-0.05, 0) is 35.4 Å². The van der Waals surface area contributed by atoms with Gasteiger partial charge < -0.3 is 10.1 Å².